The van der Waals surface area contributed by atoms with E-state index in [1.165, 1.54) is 0 Å². The molecule has 0 aromatic heterocycles. The Bertz CT molecular complexity index is 425. The zero-order valence-corrected chi connectivity index (χ0v) is 10.3. The molecular weight excluding hydrogens is 218 g/mol. The summed E-state index contributed by atoms with van der Waals surface area (Å²) in [5.74, 6) is 1.29. The van der Waals surface area contributed by atoms with Gasteiger partial charge in [0, 0.05) is 5.56 Å². The minimum atomic E-state index is 0.499. The van der Waals surface area contributed by atoms with Gasteiger partial charge in [-0.1, -0.05) is 17.3 Å². The van der Waals surface area contributed by atoms with Gasteiger partial charge in [0.2, 0.25) is 0 Å². The van der Waals surface area contributed by atoms with Gasteiger partial charge in [0.1, 0.15) is 6.61 Å². The van der Waals surface area contributed by atoms with Gasteiger partial charge < -0.3 is 14.7 Å². The molecule has 17 heavy (non-hydrogen) atoms. The molecule has 1 aromatic rings. The van der Waals surface area contributed by atoms with Crippen molar-refractivity contribution in [2.24, 2.45) is 5.16 Å². The maximum absolute atomic E-state index is 8.70. The Morgan fingerprint density at radius 2 is 2.18 bits per heavy atom. The van der Waals surface area contributed by atoms with Crippen LogP contribution < -0.4 is 9.47 Å². The number of hydrogen-bond donors (Lipinski definition) is 1. The lowest BCUT2D eigenvalue weighted by Gasteiger charge is -2.10. The van der Waals surface area contributed by atoms with E-state index in [0.717, 1.165) is 5.56 Å². The highest BCUT2D eigenvalue weighted by molar-refractivity contribution is 5.98. The fourth-order valence-corrected chi connectivity index (χ4v) is 1.30. The smallest absolute Gasteiger partial charge is 0.161 e. The molecule has 1 N–H and O–H groups in total. The molecule has 1 aromatic carbocycles. The fraction of sp³-hybridized carbons (Fsp3) is 0.308. The maximum Gasteiger partial charge on any atom is 0.161 e. The Hall–Kier alpha value is -1.97. The van der Waals surface area contributed by atoms with E-state index in [9.17, 15) is 0 Å². The van der Waals surface area contributed by atoms with Gasteiger partial charge in [0.05, 0.1) is 12.8 Å². The van der Waals surface area contributed by atoms with Gasteiger partial charge in [-0.05, 0) is 32.0 Å². The second-order valence-corrected chi connectivity index (χ2v) is 3.43. The maximum atomic E-state index is 8.70. The summed E-state index contributed by atoms with van der Waals surface area (Å²) in [4.78, 5) is 0. The van der Waals surface area contributed by atoms with E-state index in [-0.39, 0.29) is 0 Å². The first-order valence-corrected chi connectivity index (χ1v) is 5.34. The van der Waals surface area contributed by atoms with Crippen LogP contribution in [0.3, 0.4) is 0 Å². The molecule has 0 saturated heterocycles. The number of allylic oxidation sites excluding steroid dienone is 1. The minimum Gasteiger partial charge on any atom is -0.493 e. The van der Waals surface area contributed by atoms with E-state index in [2.05, 4.69) is 5.16 Å². The Kier molecular flexibility index (Phi) is 5.07. The number of benzene rings is 1. The zero-order valence-electron chi connectivity index (χ0n) is 10.3. The van der Waals surface area contributed by atoms with Gasteiger partial charge in [-0.2, -0.15) is 0 Å². The topological polar surface area (TPSA) is 51.0 Å². The van der Waals surface area contributed by atoms with Gasteiger partial charge in [0.15, 0.2) is 11.5 Å². The van der Waals surface area contributed by atoms with Gasteiger partial charge in [0.25, 0.3) is 0 Å². The Morgan fingerprint density at radius 3 is 2.76 bits per heavy atom. The number of rotatable bonds is 5. The summed E-state index contributed by atoms with van der Waals surface area (Å²) in [6.45, 7) is 4.15. The van der Waals surface area contributed by atoms with Gasteiger partial charge >= 0.3 is 0 Å². The minimum absolute atomic E-state index is 0.499. The number of nitrogens with zero attached hydrogens (tertiary/aromatic N) is 1. The van der Waals surface area contributed by atoms with Crippen LogP contribution in [-0.2, 0) is 0 Å². The highest BCUT2D eigenvalue weighted by Crippen LogP contribution is 2.28. The van der Waals surface area contributed by atoms with Crippen LogP contribution in [-0.4, -0.2) is 24.6 Å². The van der Waals surface area contributed by atoms with Crippen LogP contribution in [0.15, 0.2) is 35.5 Å². The second-order valence-electron chi connectivity index (χ2n) is 3.43. The molecule has 0 fully saturated rings. The van der Waals surface area contributed by atoms with E-state index in [0.29, 0.717) is 23.8 Å². The second kappa shape index (κ2) is 6.58. The number of oxime groups is 1. The van der Waals surface area contributed by atoms with Crippen LogP contribution in [0.2, 0.25) is 0 Å². The summed E-state index contributed by atoms with van der Waals surface area (Å²) in [5, 5.41) is 11.8. The lowest BCUT2D eigenvalue weighted by Crippen LogP contribution is -2.00. The van der Waals surface area contributed by atoms with Crippen LogP contribution >= 0.6 is 0 Å². The molecule has 0 bridgehead atoms. The predicted octanol–water partition coefficient (Wildman–Crippen LogP) is 2.85. The van der Waals surface area contributed by atoms with E-state index in [1.807, 2.05) is 25.1 Å². The molecule has 0 aliphatic rings. The van der Waals surface area contributed by atoms with Crippen molar-refractivity contribution in [3.05, 3.63) is 35.9 Å². The summed E-state index contributed by atoms with van der Waals surface area (Å²) in [7, 11) is 1.58. The Labute approximate surface area is 101 Å². The fourth-order valence-electron chi connectivity index (χ4n) is 1.30. The molecule has 92 valence electrons. The zero-order chi connectivity index (χ0) is 12.7. The lowest BCUT2D eigenvalue weighted by molar-refractivity contribution is 0.318. The van der Waals surface area contributed by atoms with Crippen molar-refractivity contribution in [2.75, 3.05) is 13.7 Å². The summed E-state index contributed by atoms with van der Waals surface area (Å²) in [5.41, 5.74) is 1.33. The van der Waals surface area contributed by atoms with Crippen LogP contribution in [0.5, 0.6) is 11.5 Å². The summed E-state index contributed by atoms with van der Waals surface area (Å²) < 4.78 is 10.7. The Morgan fingerprint density at radius 1 is 1.41 bits per heavy atom. The lowest BCUT2D eigenvalue weighted by atomic mass is 10.1. The molecule has 1 rings (SSSR count). The molecule has 4 nitrogen and oxygen atoms in total. The predicted molar refractivity (Wildman–Crippen MR) is 67.3 cm³/mol. The van der Waals surface area contributed by atoms with Crippen molar-refractivity contribution in [2.45, 2.75) is 13.8 Å². The third-order valence-corrected chi connectivity index (χ3v) is 2.30. The van der Waals surface area contributed by atoms with E-state index in [4.69, 9.17) is 14.7 Å². The standard InChI is InChI=1S/C13H17NO3/c1-4-5-8-17-12-7-6-11(10(2)14-15)9-13(12)16-3/h4-7,9,15H,8H2,1-3H3/b5-4+,14-10+. The SMILES string of the molecule is C/C=C/COc1ccc(/C(C)=N/O)cc1OC. The quantitative estimate of drug-likeness (QED) is 0.369. The molecule has 0 aliphatic carbocycles. The molecule has 0 spiro atoms. The third kappa shape index (κ3) is 3.52. The average molecular weight is 235 g/mol. The molecule has 0 amide bonds. The van der Waals surface area contributed by atoms with Crippen molar-refractivity contribution in [1.29, 1.82) is 0 Å². The van der Waals surface area contributed by atoms with Crippen molar-refractivity contribution >= 4 is 5.71 Å². The molecule has 0 saturated carbocycles. The van der Waals surface area contributed by atoms with Crippen molar-refractivity contribution < 1.29 is 14.7 Å². The van der Waals surface area contributed by atoms with Crippen molar-refractivity contribution in [1.82, 2.24) is 0 Å². The molecular formula is C13H17NO3. The van der Waals surface area contributed by atoms with Crippen LogP contribution in [0.25, 0.3) is 0 Å². The first kappa shape index (κ1) is 13.1. The largest absolute Gasteiger partial charge is 0.493 e. The molecule has 4 heteroatoms. The summed E-state index contributed by atoms with van der Waals surface area (Å²) in [6, 6.07) is 5.40. The van der Waals surface area contributed by atoms with Gasteiger partial charge in [-0.15, -0.1) is 0 Å². The first-order valence-electron chi connectivity index (χ1n) is 5.34. The highest BCUT2D eigenvalue weighted by atomic mass is 16.5. The average Bonchev–Trinajstić information content (AvgIpc) is 2.38. The highest BCUT2D eigenvalue weighted by Gasteiger charge is 2.07. The molecule has 0 aliphatic heterocycles. The summed E-state index contributed by atoms with van der Waals surface area (Å²) >= 11 is 0. The van der Waals surface area contributed by atoms with Crippen LogP contribution in [0, 0.1) is 0 Å². The third-order valence-electron chi connectivity index (χ3n) is 2.30. The van der Waals surface area contributed by atoms with E-state index < -0.39 is 0 Å². The van der Waals surface area contributed by atoms with E-state index in [1.54, 1.807) is 26.2 Å². The first-order chi connectivity index (χ1) is 8.22. The number of hydrogen-bond acceptors (Lipinski definition) is 4. The molecule has 0 atom stereocenters. The van der Waals surface area contributed by atoms with E-state index >= 15 is 0 Å². The van der Waals surface area contributed by atoms with Gasteiger partial charge in [-0.3, -0.25) is 0 Å². The molecule has 0 radical (unpaired) electrons. The number of methoxy groups -OCH3 is 1. The van der Waals surface area contributed by atoms with Crippen molar-refractivity contribution in [3.8, 4) is 11.5 Å². The number of ether oxygens (including phenoxy) is 2. The summed E-state index contributed by atoms with van der Waals surface area (Å²) in [6.07, 6.45) is 3.83. The van der Waals surface area contributed by atoms with Gasteiger partial charge in [-0.25, -0.2) is 0 Å². The Balaban J connectivity index is 2.93. The molecule has 0 heterocycles. The normalized spacial score (nSPS) is 11.8. The van der Waals surface area contributed by atoms with Crippen molar-refractivity contribution in [3.63, 3.8) is 0 Å². The van der Waals surface area contributed by atoms with Crippen LogP contribution in [0.4, 0.5) is 0 Å². The van der Waals surface area contributed by atoms with Crippen LogP contribution in [0.1, 0.15) is 19.4 Å². The monoisotopic (exact) mass is 235 g/mol. The molecule has 0 unspecified atom stereocenters.